The summed E-state index contributed by atoms with van der Waals surface area (Å²) in [7, 11) is 0. The van der Waals surface area contributed by atoms with E-state index in [0.29, 0.717) is 22.8 Å². The molecule has 3 rings (SSSR count). The highest BCUT2D eigenvalue weighted by Crippen LogP contribution is 2.25. The van der Waals surface area contributed by atoms with Crippen LogP contribution in [0.4, 0.5) is 0 Å². The molecule has 1 aromatic carbocycles. The van der Waals surface area contributed by atoms with E-state index in [0.717, 1.165) is 11.1 Å². The van der Waals surface area contributed by atoms with Gasteiger partial charge in [-0.15, -0.1) is 0 Å². The van der Waals surface area contributed by atoms with E-state index in [-0.39, 0.29) is 5.56 Å². The van der Waals surface area contributed by atoms with Crippen molar-refractivity contribution in [3.8, 4) is 11.3 Å². The third-order valence-corrected chi connectivity index (χ3v) is 4.12. The summed E-state index contributed by atoms with van der Waals surface area (Å²) in [4.78, 5) is 24.1. The first-order valence-corrected chi connectivity index (χ1v) is 7.46. The molecule has 23 heavy (non-hydrogen) atoms. The average Bonchev–Trinajstić information content (AvgIpc) is 2.64. The molecule has 1 aliphatic heterocycles. The van der Waals surface area contributed by atoms with Gasteiger partial charge in [0.15, 0.2) is 0 Å². The highest BCUT2D eigenvalue weighted by Gasteiger charge is 2.24. The van der Waals surface area contributed by atoms with Crippen molar-refractivity contribution in [2.24, 2.45) is 0 Å². The van der Waals surface area contributed by atoms with Crippen molar-refractivity contribution in [2.45, 2.75) is 13.5 Å². The Morgan fingerprint density at radius 3 is 2.61 bits per heavy atom. The van der Waals surface area contributed by atoms with Crippen LogP contribution in [-0.4, -0.2) is 15.6 Å². The van der Waals surface area contributed by atoms with Crippen molar-refractivity contribution in [3.05, 3.63) is 80.6 Å². The van der Waals surface area contributed by atoms with Gasteiger partial charge in [0.25, 0.3) is 5.56 Å². The van der Waals surface area contributed by atoms with E-state index in [1.165, 1.54) is 4.57 Å². The lowest BCUT2D eigenvalue weighted by molar-refractivity contribution is 0.0696. The molecule has 0 aromatic heterocycles. The Kier molecular flexibility index (Phi) is 3.92. The van der Waals surface area contributed by atoms with Crippen LogP contribution in [0.5, 0.6) is 0 Å². The average molecular weight is 328 g/mol. The minimum Gasteiger partial charge on any atom is -0.477 e. The summed E-state index contributed by atoms with van der Waals surface area (Å²) in [6.07, 6.45) is 0. The van der Waals surface area contributed by atoms with E-state index < -0.39 is 11.5 Å². The molecule has 2 aliphatic rings. The van der Waals surface area contributed by atoms with Crippen molar-refractivity contribution in [3.63, 3.8) is 0 Å². The summed E-state index contributed by atoms with van der Waals surface area (Å²) in [5.41, 5.74) is 2.24. The second-order valence-corrected chi connectivity index (χ2v) is 5.79. The number of fused-ring (bicyclic) bond motifs is 1. The van der Waals surface area contributed by atoms with Gasteiger partial charge in [-0.25, -0.2) is 4.79 Å². The first-order chi connectivity index (χ1) is 11.0. The fourth-order valence-corrected chi connectivity index (χ4v) is 2.94. The molecule has 0 spiro atoms. The van der Waals surface area contributed by atoms with E-state index in [4.69, 9.17) is 11.6 Å². The SMILES string of the molecule is Cc1cc(Cl)ccc1Cn1c2cccccc-2c(C(=O)O)c1=O. The molecule has 1 heterocycles. The zero-order chi connectivity index (χ0) is 16.6. The topological polar surface area (TPSA) is 59.3 Å². The van der Waals surface area contributed by atoms with E-state index in [9.17, 15) is 14.7 Å². The van der Waals surface area contributed by atoms with E-state index in [1.807, 2.05) is 19.1 Å². The third-order valence-electron chi connectivity index (χ3n) is 3.88. The second kappa shape index (κ2) is 5.89. The molecular formula is C18H14ClNO3. The van der Waals surface area contributed by atoms with E-state index >= 15 is 0 Å². The number of halogens is 1. The molecule has 0 radical (unpaired) electrons. The Morgan fingerprint density at radius 2 is 1.91 bits per heavy atom. The molecule has 0 saturated carbocycles. The first-order valence-electron chi connectivity index (χ1n) is 7.09. The molecular weight excluding hydrogens is 314 g/mol. The summed E-state index contributed by atoms with van der Waals surface area (Å²) in [6.45, 7) is 2.21. The van der Waals surface area contributed by atoms with Gasteiger partial charge in [-0.3, -0.25) is 4.79 Å². The van der Waals surface area contributed by atoms with Crippen LogP contribution in [0.25, 0.3) is 11.3 Å². The van der Waals surface area contributed by atoms with Crippen LogP contribution in [0.2, 0.25) is 5.02 Å². The molecule has 4 nitrogen and oxygen atoms in total. The highest BCUT2D eigenvalue weighted by molar-refractivity contribution is 6.30. The molecule has 0 bridgehead atoms. The molecule has 0 amide bonds. The largest absolute Gasteiger partial charge is 0.477 e. The highest BCUT2D eigenvalue weighted by atomic mass is 35.5. The minimum atomic E-state index is -1.21. The quantitative estimate of drug-likeness (QED) is 0.798. The molecule has 0 atom stereocenters. The van der Waals surface area contributed by atoms with Crippen LogP contribution in [0.1, 0.15) is 21.5 Å². The van der Waals surface area contributed by atoms with Gasteiger partial charge in [0.05, 0.1) is 12.2 Å². The second-order valence-electron chi connectivity index (χ2n) is 5.35. The number of aromatic carboxylic acids is 1. The minimum absolute atomic E-state index is 0.192. The Morgan fingerprint density at radius 1 is 1.17 bits per heavy atom. The van der Waals surface area contributed by atoms with Crippen LogP contribution in [-0.2, 0) is 6.54 Å². The van der Waals surface area contributed by atoms with Crippen LogP contribution in [0, 0.1) is 6.92 Å². The maximum absolute atomic E-state index is 12.6. The molecule has 0 fully saturated rings. The number of rotatable bonds is 3. The number of hydrogen-bond acceptors (Lipinski definition) is 2. The first kappa shape index (κ1) is 15.3. The summed E-state index contributed by atoms with van der Waals surface area (Å²) >= 11 is 5.96. The Labute approximate surface area is 137 Å². The normalized spacial score (nSPS) is 10.9. The van der Waals surface area contributed by atoms with Gasteiger partial charge in [0.2, 0.25) is 0 Å². The van der Waals surface area contributed by atoms with Crippen molar-refractivity contribution in [2.75, 3.05) is 0 Å². The van der Waals surface area contributed by atoms with Gasteiger partial charge in [-0.1, -0.05) is 41.9 Å². The Balaban J connectivity index is 2.21. The predicted molar refractivity (Wildman–Crippen MR) is 89.6 cm³/mol. The van der Waals surface area contributed by atoms with Gasteiger partial charge in [0.1, 0.15) is 5.56 Å². The molecule has 5 heteroatoms. The maximum Gasteiger partial charge on any atom is 0.342 e. The molecule has 0 saturated heterocycles. The van der Waals surface area contributed by atoms with Crippen molar-refractivity contribution in [1.29, 1.82) is 0 Å². The number of carbonyl (C=O) groups is 1. The van der Waals surface area contributed by atoms with Crippen LogP contribution in [0.3, 0.4) is 0 Å². The molecule has 0 unspecified atom stereocenters. The summed E-state index contributed by atoms with van der Waals surface area (Å²) in [5.74, 6) is -1.21. The Hall–Kier alpha value is -2.59. The fourth-order valence-electron chi connectivity index (χ4n) is 2.71. The number of carboxylic acids is 1. The summed E-state index contributed by atoms with van der Waals surface area (Å²) in [5, 5.41) is 10.0. The molecule has 1 aromatic rings. The number of hydrogen-bond donors (Lipinski definition) is 1. The van der Waals surface area contributed by atoms with Gasteiger partial charge in [-0.05, 0) is 36.2 Å². The molecule has 116 valence electrons. The fraction of sp³-hybridized carbons (Fsp3) is 0.111. The lowest BCUT2D eigenvalue weighted by atomic mass is 10.1. The number of nitrogens with zero attached hydrogens (tertiary/aromatic N) is 1. The van der Waals surface area contributed by atoms with E-state index in [1.54, 1.807) is 36.4 Å². The predicted octanol–water partition coefficient (Wildman–Crippen LogP) is 3.66. The van der Waals surface area contributed by atoms with E-state index in [2.05, 4.69) is 0 Å². The van der Waals surface area contributed by atoms with Crippen molar-refractivity contribution in [1.82, 2.24) is 4.57 Å². The van der Waals surface area contributed by atoms with Gasteiger partial charge in [-0.2, -0.15) is 0 Å². The lowest BCUT2D eigenvalue weighted by Crippen LogP contribution is -2.21. The molecule has 1 N–H and O–H groups in total. The van der Waals surface area contributed by atoms with Gasteiger partial charge in [0, 0.05) is 10.6 Å². The van der Waals surface area contributed by atoms with Crippen LogP contribution in [0.15, 0.2) is 53.3 Å². The van der Waals surface area contributed by atoms with Crippen LogP contribution < -0.4 is 5.56 Å². The summed E-state index contributed by atoms with van der Waals surface area (Å²) in [6, 6.07) is 14.2. The molecule has 1 aliphatic carbocycles. The number of aryl methyl sites for hydroxylation is 1. The number of benzene rings is 1. The van der Waals surface area contributed by atoms with Gasteiger partial charge < -0.3 is 9.67 Å². The van der Waals surface area contributed by atoms with Crippen molar-refractivity contribution >= 4 is 17.6 Å². The smallest absolute Gasteiger partial charge is 0.342 e. The van der Waals surface area contributed by atoms with Crippen LogP contribution >= 0.6 is 11.6 Å². The summed E-state index contributed by atoms with van der Waals surface area (Å²) < 4.78 is 1.50. The Bertz CT molecular complexity index is 930. The number of carboxylic acid groups (broad SMARTS) is 1. The third kappa shape index (κ3) is 2.73. The standard InChI is InChI=1S/C18H14ClNO3/c1-11-9-13(19)8-7-12(11)10-20-15-6-4-2-3-5-14(15)16(17(20)21)18(22)23/h2-9H,10H2,1H3,(H,22,23). The zero-order valence-electron chi connectivity index (χ0n) is 12.4. The zero-order valence-corrected chi connectivity index (χ0v) is 13.2. The number of aromatic nitrogens is 1. The monoisotopic (exact) mass is 327 g/mol. The van der Waals surface area contributed by atoms with Gasteiger partial charge >= 0.3 is 5.97 Å². The van der Waals surface area contributed by atoms with Crippen molar-refractivity contribution < 1.29 is 9.90 Å². The lowest BCUT2D eigenvalue weighted by Gasteiger charge is -2.09. The maximum atomic E-state index is 12.6.